The van der Waals surface area contributed by atoms with E-state index < -0.39 is 0 Å². The molecule has 0 unspecified atom stereocenters. The second kappa shape index (κ2) is 10.8. The SMILES string of the molecule is CC(C)N(CCOc1ccc(Cc2c(-c3ccc(O)cc3)ccc3cc(O)ccc23)cc1)C(C)C. The predicted octanol–water partition coefficient (Wildman–Crippen LogP) is 7.01. The number of fused-ring (bicyclic) bond motifs is 1. The lowest BCUT2D eigenvalue weighted by atomic mass is 9.90. The Balaban J connectivity index is 1.57. The number of benzene rings is 4. The van der Waals surface area contributed by atoms with Crippen molar-refractivity contribution in [3.63, 3.8) is 0 Å². The van der Waals surface area contributed by atoms with Crippen molar-refractivity contribution >= 4 is 10.8 Å². The normalized spacial score (nSPS) is 11.6. The molecule has 4 aromatic rings. The van der Waals surface area contributed by atoms with E-state index in [9.17, 15) is 10.2 Å². The van der Waals surface area contributed by atoms with Crippen molar-refractivity contribution in [3.8, 4) is 28.4 Å². The molecule has 2 N–H and O–H groups in total. The highest BCUT2D eigenvalue weighted by molar-refractivity contribution is 5.93. The van der Waals surface area contributed by atoms with Crippen LogP contribution in [0.15, 0.2) is 78.9 Å². The quantitative estimate of drug-likeness (QED) is 0.277. The third-order valence-electron chi connectivity index (χ3n) is 6.54. The molecule has 0 bridgehead atoms. The van der Waals surface area contributed by atoms with E-state index in [1.165, 1.54) is 11.1 Å². The number of aromatic hydroxyl groups is 2. The summed E-state index contributed by atoms with van der Waals surface area (Å²) in [6.07, 6.45) is 0.743. The first-order valence-electron chi connectivity index (χ1n) is 12.3. The minimum absolute atomic E-state index is 0.251. The monoisotopic (exact) mass is 469 g/mol. The molecular weight excluding hydrogens is 434 g/mol. The number of phenolic OH excluding ortho intramolecular Hbond substituents is 2. The van der Waals surface area contributed by atoms with Crippen LogP contribution >= 0.6 is 0 Å². The van der Waals surface area contributed by atoms with Crippen LogP contribution in [0.1, 0.15) is 38.8 Å². The van der Waals surface area contributed by atoms with Gasteiger partial charge < -0.3 is 14.9 Å². The molecule has 0 spiro atoms. The van der Waals surface area contributed by atoms with E-state index in [0.717, 1.165) is 40.6 Å². The van der Waals surface area contributed by atoms with E-state index in [4.69, 9.17) is 4.74 Å². The van der Waals surface area contributed by atoms with Gasteiger partial charge in [0.05, 0.1) is 0 Å². The summed E-state index contributed by atoms with van der Waals surface area (Å²) in [4.78, 5) is 2.43. The van der Waals surface area contributed by atoms with Crippen molar-refractivity contribution < 1.29 is 14.9 Å². The lowest BCUT2D eigenvalue weighted by molar-refractivity contribution is 0.142. The lowest BCUT2D eigenvalue weighted by Gasteiger charge is -2.30. The maximum Gasteiger partial charge on any atom is 0.119 e. The Labute approximate surface area is 208 Å². The first-order valence-corrected chi connectivity index (χ1v) is 12.3. The fourth-order valence-corrected chi connectivity index (χ4v) is 4.77. The van der Waals surface area contributed by atoms with Gasteiger partial charge in [0.25, 0.3) is 0 Å². The van der Waals surface area contributed by atoms with Crippen molar-refractivity contribution in [2.45, 2.75) is 46.2 Å². The molecule has 0 fully saturated rings. The Kier molecular flexibility index (Phi) is 7.62. The zero-order valence-corrected chi connectivity index (χ0v) is 21.0. The fourth-order valence-electron chi connectivity index (χ4n) is 4.77. The Morgan fingerprint density at radius 2 is 1.40 bits per heavy atom. The number of phenols is 2. The van der Waals surface area contributed by atoms with Crippen LogP contribution in [0, 0.1) is 0 Å². The van der Waals surface area contributed by atoms with Gasteiger partial charge in [0.2, 0.25) is 0 Å². The molecule has 35 heavy (non-hydrogen) atoms. The minimum atomic E-state index is 0.251. The average molecular weight is 470 g/mol. The van der Waals surface area contributed by atoms with Crippen LogP contribution in [0.5, 0.6) is 17.2 Å². The summed E-state index contributed by atoms with van der Waals surface area (Å²) in [6, 6.07) is 26.3. The van der Waals surface area contributed by atoms with Gasteiger partial charge in [0, 0.05) is 18.6 Å². The number of hydrogen-bond acceptors (Lipinski definition) is 4. The number of rotatable bonds is 9. The number of hydrogen-bond donors (Lipinski definition) is 2. The highest BCUT2D eigenvalue weighted by Crippen LogP contribution is 2.34. The Morgan fingerprint density at radius 3 is 2.06 bits per heavy atom. The molecule has 0 aromatic heterocycles. The largest absolute Gasteiger partial charge is 0.508 e. The zero-order valence-electron chi connectivity index (χ0n) is 21.0. The molecule has 4 aromatic carbocycles. The molecule has 0 saturated carbocycles. The summed E-state index contributed by atoms with van der Waals surface area (Å²) in [7, 11) is 0. The van der Waals surface area contributed by atoms with Crippen LogP contribution < -0.4 is 4.74 Å². The second-order valence-corrected chi connectivity index (χ2v) is 9.64. The van der Waals surface area contributed by atoms with E-state index in [2.05, 4.69) is 50.8 Å². The Morgan fingerprint density at radius 1 is 0.743 bits per heavy atom. The predicted molar refractivity (Wildman–Crippen MR) is 144 cm³/mol. The molecule has 0 aliphatic heterocycles. The molecule has 182 valence electrons. The summed E-state index contributed by atoms with van der Waals surface area (Å²) in [6.45, 7) is 10.4. The number of nitrogens with zero attached hydrogens (tertiary/aromatic N) is 1. The highest BCUT2D eigenvalue weighted by atomic mass is 16.5. The first-order chi connectivity index (χ1) is 16.8. The van der Waals surface area contributed by atoms with Crippen LogP contribution in [-0.4, -0.2) is 40.3 Å². The van der Waals surface area contributed by atoms with Crippen molar-refractivity contribution in [3.05, 3.63) is 90.0 Å². The maximum absolute atomic E-state index is 9.98. The van der Waals surface area contributed by atoms with Crippen LogP contribution in [0.4, 0.5) is 0 Å². The highest BCUT2D eigenvalue weighted by Gasteiger charge is 2.14. The van der Waals surface area contributed by atoms with Crippen LogP contribution in [0.3, 0.4) is 0 Å². The molecule has 4 heteroatoms. The molecule has 0 radical (unpaired) electrons. The molecular formula is C31H35NO3. The minimum Gasteiger partial charge on any atom is -0.508 e. The van der Waals surface area contributed by atoms with Crippen molar-refractivity contribution in [1.29, 1.82) is 0 Å². The second-order valence-electron chi connectivity index (χ2n) is 9.64. The van der Waals surface area contributed by atoms with Gasteiger partial charge in [-0.3, -0.25) is 4.90 Å². The van der Waals surface area contributed by atoms with Gasteiger partial charge in [-0.2, -0.15) is 0 Å². The molecule has 0 amide bonds. The van der Waals surface area contributed by atoms with Gasteiger partial charge in [-0.1, -0.05) is 42.5 Å². The summed E-state index contributed by atoms with van der Waals surface area (Å²) in [5.74, 6) is 1.39. The average Bonchev–Trinajstić information content (AvgIpc) is 2.83. The van der Waals surface area contributed by atoms with E-state index in [1.807, 2.05) is 36.4 Å². The molecule has 4 nitrogen and oxygen atoms in total. The zero-order chi connectivity index (χ0) is 24.9. The van der Waals surface area contributed by atoms with E-state index in [0.29, 0.717) is 18.7 Å². The lowest BCUT2D eigenvalue weighted by Crippen LogP contribution is -2.39. The number of ether oxygens (including phenoxy) is 1. The topological polar surface area (TPSA) is 52.9 Å². The smallest absolute Gasteiger partial charge is 0.119 e. The maximum atomic E-state index is 9.98. The summed E-state index contributed by atoms with van der Waals surface area (Å²) < 4.78 is 6.04. The van der Waals surface area contributed by atoms with E-state index in [1.54, 1.807) is 24.3 Å². The van der Waals surface area contributed by atoms with Gasteiger partial charge >= 0.3 is 0 Å². The Hall–Kier alpha value is -3.50. The van der Waals surface area contributed by atoms with Crippen LogP contribution in [0.25, 0.3) is 21.9 Å². The van der Waals surface area contributed by atoms with E-state index >= 15 is 0 Å². The Bertz CT molecular complexity index is 1250. The standard InChI is InChI=1S/C31H35NO3/c1-21(2)32(22(3)4)17-18-35-28-13-5-23(6-14-28)19-31-29(24-7-10-26(33)11-8-24)15-9-25-20-27(34)12-16-30(25)31/h5-16,20-22,33-34H,17-19H2,1-4H3. The molecule has 0 aliphatic rings. The third kappa shape index (κ3) is 5.95. The van der Waals surface area contributed by atoms with Crippen LogP contribution in [0.2, 0.25) is 0 Å². The van der Waals surface area contributed by atoms with Crippen molar-refractivity contribution in [1.82, 2.24) is 4.90 Å². The van der Waals surface area contributed by atoms with Crippen molar-refractivity contribution in [2.24, 2.45) is 0 Å². The van der Waals surface area contributed by atoms with Gasteiger partial charge in [-0.15, -0.1) is 0 Å². The van der Waals surface area contributed by atoms with Gasteiger partial charge in [-0.25, -0.2) is 0 Å². The summed E-state index contributed by atoms with van der Waals surface area (Å²) in [5, 5.41) is 21.8. The van der Waals surface area contributed by atoms with Crippen molar-refractivity contribution in [2.75, 3.05) is 13.2 Å². The fraction of sp³-hybridized carbons (Fsp3) is 0.290. The molecule has 0 aliphatic carbocycles. The van der Waals surface area contributed by atoms with Gasteiger partial charge in [-0.05, 0) is 104 Å². The summed E-state index contributed by atoms with van der Waals surface area (Å²) >= 11 is 0. The summed E-state index contributed by atoms with van der Waals surface area (Å²) in [5.41, 5.74) is 4.54. The molecule has 0 atom stereocenters. The first kappa shape index (κ1) is 24.6. The third-order valence-corrected chi connectivity index (χ3v) is 6.54. The van der Waals surface area contributed by atoms with Gasteiger partial charge in [0.15, 0.2) is 0 Å². The molecule has 0 saturated heterocycles. The van der Waals surface area contributed by atoms with Gasteiger partial charge in [0.1, 0.15) is 23.9 Å². The van der Waals surface area contributed by atoms with E-state index in [-0.39, 0.29) is 11.5 Å². The van der Waals surface area contributed by atoms with Crippen LogP contribution in [-0.2, 0) is 6.42 Å². The molecule has 4 rings (SSSR count). The molecule has 0 heterocycles.